The summed E-state index contributed by atoms with van der Waals surface area (Å²) in [5.74, 6) is 0.0380. The van der Waals surface area contributed by atoms with Gasteiger partial charge in [-0.25, -0.2) is 0 Å². The minimum Gasteiger partial charge on any atom is -0.396 e. The van der Waals surface area contributed by atoms with Crippen LogP contribution in [0.5, 0.6) is 0 Å². The van der Waals surface area contributed by atoms with Gasteiger partial charge in [0.15, 0.2) is 0 Å². The van der Waals surface area contributed by atoms with Crippen molar-refractivity contribution in [1.82, 2.24) is 15.6 Å². The van der Waals surface area contributed by atoms with E-state index in [0.29, 0.717) is 29.2 Å². The quantitative estimate of drug-likeness (QED) is 0.721. The summed E-state index contributed by atoms with van der Waals surface area (Å²) < 4.78 is 0.891. The van der Waals surface area contributed by atoms with Crippen LogP contribution in [-0.4, -0.2) is 29.9 Å². The molecule has 0 atom stereocenters. The predicted molar refractivity (Wildman–Crippen MR) is 82.1 cm³/mol. The van der Waals surface area contributed by atoms with Gasteiger partial charge in [0.1, 0.15) is 10.4 Å². The van der Waals surface area contributed by atoms with Crippen LogP contribution in [0.4, 0.5) is 5.69 Å². The zero-order chi connectivity index (χ0) is 14.8. The molecule has 7 heteroatoms. The SMILES string of the molecule is Nc1c(C(=O)NCCNC(=O)C2CC2)sc2cccnc12. The molecule has 1 aliphatic rings. The highest BCUT2D eigenvalue weighted by atomic mass is 32.1. The van der Waals surface area contributed by atoms with Crippen molar-refractivity contribution in [1.29, 1.82) is 0 Å². The van der Waals surface area contributed by atoms with E-state index in [2.05, 4.69) is 15.6 Å². The fourth-order valence-electron chi connectivity index (χ4n) is 2.05. The molecule has 2 aromatic heterocycles. The number of carbonyl (C=O) groups is 2. The van der Waals surface area contributed by atoms with Crippen LogP contribution in [0.2, 0.25) is 0 Å². The number of fused-ring (bicyclic) bond motifs is 1. The lowest BCUT2D eigenvalue weighted by Gasteiger charge is -2.06. The van der Waals surface area contributed by atoms with Crippen molar-refractivity contribution >= 4 is 39.1 Å². The number of amides is 2. The number of anilines is 1. The fourth-order valence-corrected chi connectivity index (χ4v) is 3.05. The standard InChI is InChI=1S/C14H16N4O2S/c15-10-11-9(2-1-5-16-11)21-12(10)14(20)18-7-6-17-13(19)8-3-4-8/h1-2,5,8H,3-4,6-7,15H2,(H,17,19)(H,18,20). The second-order valence-electron chi connectivity index (χ2n) is 5.02. The summed E-state index contributed by atoms with van der Waals surface area (Å²) in [6.45, 7) is 0.822. The summed E-state index contributed by atoms with van der Waals surface area (Å²) >= 11 is 1.32. The van der Waals surface area contributed by atoms with E-state index in [1.54, 1.807) is 6.20 Å². The molecule has 2 aromatic rings. The Balaban J connectivity index is 1.56. The first kappa shape index (κ1) is 13.8. The largest absolute Gasteiger partial charge is 0.396 e. The Kier molecular flexibility index (Phi) is 3.74. The van der Waals surface area contributed by atoms with Gasteiger partial charge in [-0.05, 0) is 25.0 Å². The maximum absolute atomic E-state index is 12.1. The van der Waals surface area contributed by atoms with Crippen molar-refractivity contribution in [3.05, 3.63) is 23.2 Å². The Hall–Kier alpha value is -2.15. The van der Waals surface area contributed by atoms with Crippen molar-refractivity contribution < 1.29 is 9.59 Å². The number of nitrogen functional groups attached to an aromatic ring is 1. The van der Waals surface area contributed by atoms with E-state index in [4.69, 9.17) is 5.73 Å². The Morgan fingerprint density at radius 3 is 2.81 bits per heavy atom. The summed E-state index contributed by atoms with van der Waals surface area (Å²) in [6.07, 6.45) is 3.60. The van der Waals surface area contributed by atoms with Crippen LogP contribution in [0.3, 0.4) is 0 Å². The van der Waals surface area contributed by atoms with Crippen LogP contribution >= 0.6 is 11.3 Å². The van der Waals surface area contributed by atoms with E-state index < -0.39 is 0 Å². The van der Waals surface area contributed by atoms with Crippen LogP contribution < -0.4 is 16.4 Å². The van der Waals surface area contributed by atoms with E-state index in [0.717, 1.165) is 17.5 Å². The van der Waals surface area contributed by atoms with Gasteiger partial charge in [0.05, 0.1) is 10.4 Å². The average Bonchev–Trinajstić information content (AvgIpc) is 3.28. The molecule has 0 spiro atoms. The summed E-state index contributed by atoms with van der Waals surface area (Å²) in [4.78, 5) is 28.2. The number of hydrogen-bond donors (Lipinski definition) is 3. The van der Waals surface area contributed by atoms with Gasteiger partial charge in [0, 0.05) is 25.2 Å². The van der Waals surface area contributed by atoms with Gasteiger partial charge < -0.3 is 16.4 Å². The number of nitrogens with one attached hydrogen (secondary N) is 2. The lowest BCUT2D eigenvalue weighted by molar-refractivity contribution is -0.122. The molecular weight excluding hydrogens is 288 g/mol. The van der Waals surface area contributed by atoms with E-state index in [1.165, 1.54) is 11.3 Å². The number of thiophene rings is 1. The molecule has 21 heavy (non-hydrogen) atoms. The van der Waals surface area contributed by atoms with Gasteiger partial charge in [0.2, 0.25) is 5.91 Å². The van der Waals surface area contributed by atoms with Crippen LogP contribution in [0, 0.1) is 5.92 Å². The normalized spacial score (nSPS) is 14.1. The van der Waals surface area contributed by atoms with Crippen molar-refractivity contribution in [2.45, 2.75) is 12.8 Å². The van der Waals surface area contributed by atoms with E-state index in [1.807, 2.05) is 12.1 Å². The molecule has 110 valence electrons. The monoisotopic (exact) mass is 304 g/mol. The average molecular weight is 304 g/mol. The molecule has 1 fully saturated rings. The predicted octanol–water partition coefficient (Wildman–Crippen LogP) is 1.13. The summed E-state index contributed by atoms with van der Waals surface area (Å²) in [7, 11) is 0. The molecule has 4 N–H and O–H groups in total. The number of hydrogen-bond acceptors (Lipinski definition) is 5. The maximum atomic E-state index is 12.1. The number of carbonyl (C=O) groups excluding carboxylic acids is 2. The Morgan fingerprint density at radius 2 is 2.10 bits per heavy atom. The third-order valence-electron chi connectivity index (χ3n) is 3.35. The Bertz CT molecular complexity index is 693. The minimum absolute atomic E-state index is 0.0785. The number of nitrogens with two attached hydrogens (primary N) is 1. The Labute approximate surface area is 125 Å². The maximum Gasteiger partial charge on any atom is 0.263 e. The van der Waals surface area contributed by atoms with E-state index in [9.17, 15) is 9.59 Å². The molecule has 2 amide bonds. The summed E-state index contributed by atoms with van der Waals surface area (Å²) in [5.41, 5.74) is 7.03. The van der Waals surface area contributed by atoms with Gasteiger partial charge in [0.25, 0.3) is 5.91 Å². The van der Waals surface area contributed by atoms with Crippen LogP contribution in [0.25, 0.3) is 10.2 Å². The van der Waals surface area contributed by atoms with Crippen molar-refractivity contribution in [2.75, 3.05) is 18.8 Å². The molecule has 0 bridgehead atoms. The first-order valence-electron chi connectivity index (χ1n) is 6.85. The van der Waals surface area contributed by atoms with Gasteiger partial charge in [-0.1, -0.05) is 0 Å². The number of nitrogens with zero attached hydrogens (tertiary/aromatic N) is 1. The third kappa shape index (κ3) is 2.97. The van der Waals surface area contributed by atoms with Gasteiger partial charge >= 0.3 is 0 Å². The number of aromatic nitrogens is 1. The topological polar surface area (TPSA) is 97.1 Å². The molecule has 6 nitrogen and oxygen atoms in total. The van der Waals surface area contributed by atoms with Gasteiger partial charge in [-0.3, -0.25) is 14.6 Å². The molecular formula is C14H16N4O2S. The van der Waals surface area contributed by atoms with Crippen molar-refractivity contribution in [2.24, 2.45) is 5.92 Å². The zero-order valence-electron chi connectivity index (χ0n) is 11.4. The number of rotatable bonds is 5. The Morgan fingerprint density at radius 1 is 1.33 bits per heavy atom. The lowest BCUT2D eigenvalue weighted by atomic mass is 10.3. The molecule has 1 aliphatic carbocycles. The highest BCUT2D eigenvalue weighted by Crippen LogP contribution is 2.31. The molecule has 1 saturated carbocycles. The fraction of sp³-hybridized carbons (Fsp3) is 0.357. The molecule has 0 radical (unpaired) electrons. The van der Waals surface area contributed by atoms with Crippen molar-refractivity contribution in [3.8, 4) is 0 Å². The van der Waals surface area contributed by atoms with Gasteiger partial charge in [-0.2, -0.15) is 0 Å². The van der Waals surface area contributed by atoms with Gasteiger partial charge in [-0.15, -0.1) is 11.3 Å². The minimum atomic E-state index is -0.226. The second kappa shape index (κ2) is 5.69. The summed E-state index contributed by atoms with van der Waals surface area (Å²) in [5, 5.41) is 5.56. The highest BCUT2D eigenvalue weighted by Gasteiger charge is 2.29. The zero-order valence-corrected chi connectivity index (χ0v) is 12.2. The lowest BCUT2D eigenvalue weighted by Crippen LogP contribution is -2.35. The first-order valence-corrected chi connectivity index (χ1v) is 7.67. The smallest absolute Gasteiger partial charge is 0.263 e. The number of pyridine rings is 1. The molecule has 3 rings (SSSR count). The first-order chi connectivity index (χ1) is 10.2. The van der Waals surface area contributed by atoms with E-state index >= 15 is 0 Å². The molecule has 0 aliphatic heterocycles. The summed E-state index contributed by atoms with van der Waals surface area (Å²) in [6, 6.07) is 3.70. The molecule has 0 saturated heterocycles. The van der Waals surface area contributed by atoms with E-state index in [-0.39, 0.29) is 17.7 Å². The molecule has 0 unspecified atom stereocenters. The van der Waals surface area contributed by atoms with Crippen LogP contribution in [0.1, 0.15) is 22.5 Å². The van der Waals surface area contributed by atoms with Crippen LogP contribution in [0.15, 0.2) is 18.3 Å². The third-order valence-corrected chi connectivity index (χ3v) is 4.51. The molecule has 2 heterocycles. The second-order valence-corrected chi connectivity index (χ2v) is 6.07. The highest BCUT2D eigenvalue weighted by molar-refractivity contribution is 7.21. The van der Waals surface area contributed by atoms with Crippen LogP contribution in [-0.2, 0) is 4.79 Å². The van der Waals surface area contributed by atoms with Crippen molar-refractivity contribution in [3.63, 3.8) is 0 Å². The molecule has 0 aromatic carbocycles.